The first-order valence-corrected chi connectivity index (χ1v) is 12.0. The fourth-order valence-corrected chi connectivity index (χ4v) is 4.71. The van der Waals surface area contributed by atoms with Gasteiger partial charge in [-0.3, -0.25) is 9.59 Å². The molecule has 1 saturated carbocycles. The molecule has 0 spiro atoms. The Kier molecular flexibility index (Phi) is 6.36. The van der Waals surface area contributed by atoms with Crippen LogP contribution in [-0.4, -0.2) is 21.4 Å². The van der Waals surface area contributed by atoms with Crippen LogP contribution in [0.2, 0.25) is 0 Å². The molecule has 0 saturated heterocycles. The number of ketones is 1. The van der Waals surface area contributed by atoms with Crippen LogP contribution in [0.15, 0.2) is 42.5 Å². The molecule has 1 aliphatic carbocycles. The van der Waals surface area contributed by atoms with Gasteiger partial charge in [0.25, 0.3) is 0 Å². The van der Waals surface area contributed by atoms with E-state index in [1.165, 1.54) is 0 Å². The normalized spacial score (nSPS) is 14.2. The van der Waals surface area contributed by atoms with Gasteiger partial charge in [0.05, 0.1) is 17.0 Å². The minimum absolute atomic E-state index is 0.00960. The van der Waals surface area contributed by atoms with Crippen LogP contribution in [0.5, 0.6) is 0 Å². The van der Waals surface area contributed by atoms with Crippen LogP contribution in [0.25, 0.3) is 10.9 Å². The summed E-state index contributed by atoms with van der Waals surface area (Å²) in [5.41, 5.74) is 4.05. The second-order valence-electron chi connectivity index (χ2n) is 10.5. The van der Waals surface area contributed by atoms with Crippen molar-refractivity contribution in [2.45, 2.75) is 65.8 Å². The van der Waals surface area contributed by atoms with Crippen LogP contribution in [-0.2, 0) is 17.8 Å². The van der Waals surface area contributed by atoms with Crippen molar-refractivity contribution >= 4 is 22.7 Å². The van der Waals surface area contributed by atoms with Crippen LogP contribution < -0.4 is 0 Å². The molecule has 0 unspecified atom stereocenters. The Morgan fingerprint density at radius 3 is 2.50 bits per heavy atom. The highest BCUT2D eigenvalue weighted by Gasteiger charge is 2.36. The molecule has 1 fully saturated rings. The third-order valence-electron chi connectivity index (χ3n) is 7.17. The zero-order chi connectivity index (χ0) is 24.6. The van der Waals surface area contributed by atoms with Crippen molar-refractivity contribution in [2.75, 3.05) is 0 Å². The molecule has 0 radical (unpaired) electrons. The quantitative estimate of drug-likeness (QED) is 0.402. The highest BCUT2D eigenvalue weighted by atomic mass is 16.4. The van der Waals surface area contributed by atoms with Gasteiger partial charge in [0.2, 0.25) is 0 Å². The lowest BCUT2D eigenvalue weighted by molar-refractivity contribution is -0.146. The lowest BCUT2D eigenvalue weighted by Crippen LogP contribution is -2.29. The molecule has 4 rings (SSSR count). The smallest absolute Gasteiger partial charge is 0.309 e. The fourth-order valence-electron chi connectivity index (χ4n) is 4.71. The van der Waals surface area contributed by atoms with Gasteiger partial charge in [0.1, 0.15) is 0 Å². The van der Waals surface area contributed by atoms with Crippen molar-refractivity contribution in [1.29, 1.82) is 5.26 Å². The van der Waals surface area contributed by atoms with E-state index in [2.05, 4.69) is 42.7 Å². The van der Waals surface area contributed by atoms with Crippen LogP contribution in [0, 0.1) is 22.7 Å². The van der Waals surface area contributed by atoms with E-state index in [4.69, 9.17) is 0 Å². The summed E-state index contributed by atoms with van der Waals surface area (Å²) in [6.45, 7) is 8.16. The van der Waals surface area contributed by atoms with Gasteiger partial charge in [-0.1, -0.05) is 38.5 Å². The van der Waals surface area contributed by atoms with E-state index in [0.717, 1.165) is 47.0 Å². The minimum Gasteiger partial charge on any atom is -0.481 e. The summed E-state index contributed by atoms with van der Waals surface area (Å²) >= 11 is 0. The number of nitrogens with zero attached hydrogens (tertiary/aromatic N) is 2. The van der Waals surface area contributed by atoms with E-state index >= 15 is 0 Å². The zero-order valence-corrected chi connectivity index (χ0v) is 20.4. The summed E-state index contributed by atoms with van der Waals surface area (Å²) in [5, 5.41) is 20.2. The van der Waals surface area contributed by atoms with E-state index in [1.54, 1.807) is 19.9 Å². The number of aliphatic carboxylic acids is 1. The molecule has 1 aromatic heterocycles. The van der Waals surface area contributed by atoms with Crippen molar-refractivity contribution < 1.29 is 14.7 Å². The molecule has 1 heterocycles. The third kappa shape index (κ3) is 4.37. The molecule has 1 N–H and O–H groups in total. The monoisotopic (exact) mass is 456 g/mol. The number of benzene rings is 2. The van der Waals surface area contributed by atoms with Crippen molar-refractivity contribution in [3.8, 4) is 6.07 Å². The maximum absolute atomic E-state index is 13.8. The topological polar surface area (TPSA) is 83.1 Å². The Hall–Kier alpha value is -3.39. The van der Waals surface area contributed by atoms with E-state index in [9.17, 15) is 20.0 Å². The van der Waals surface area contributed by atoms with E-state index in [-0.39, 0.29) is 18.1 Å². The number of carboxylic acid groups (broad SMARTS) is 1. The van der Waals surface area contributed by atoms with Crippen LogP contribution >= 0.6 is 0 Å². The molecule has 176 valence electrons. The number of carboxylic acids is 1. The third-order valence-corrected chi connectivity index (χ3v) is 7.17. The Bertz CT molecular complexity index is 1300. The van der Waals surface area contributed by atoms with Crippen molar-refractivity contribution in [1.82, 2.24) is 4.57 Å². The molecule has 0 bridgehead atoms. The first kappa shape index (κ1) is 23.8. The molecule has 1 aliphatic rings. The number of rotatable bonds is 8. The van der Waals surface area contributed by atoms with Gasteiger partial charge in [0, 0.05) is 41.0 Å². The lowest BCUT2D eigenvalue weighted by atomic mass is 9.78. The average molecular weight is 457 g/mol. The van der Waals surface area contributed by atoms with Gasteiger partial charge in [0.15, 0.2) is 5.78 Å². The summed E-state index contributed by atoms with van der Waals surface area (Å²) in [4.78, 5) is 25.9. The maximum Gasteiger partial charge on any atom is 0.309 e. The van der Waals surface area contributed by atoms with E-state index in [1.807, 2.05) is 18.2 Å². The van der Waals surface area contributed by atoms with Gasteiger partial charge in [-0.15, -0.1) is 0 Å². The van der Waals surface area contributed by atoms with Gasteiger partial charge in [-0.2, -0.15) is 5.26 Å². The molecular formula is C29H32N2O3. The Labute approximate surface area is 201 Å². The van der Waals surface area contributed by atoms with Crippen LogP contribution in [0.3, 0.4) is 0 Å². The number of carbonyl (C=O) groups is 2. The van der Waals surface area contributed by atoms with Gasteiger partial charge < -0.3 is 9.67 Å². The summed E-state index contributed by atoms with van der Waals surface area (Å²) in [5.74, 6) is -0.431. The molecule has 0 atom stereocenters. The number of carbonyl (C=O) groups excluding carboxylic acids is 1. The molecule has 5 nitrogen and oxygen atoms in total. The molecular weight excluding hydrogens is 424 g/mol. The highest BCUT2D eigenvalue weighted by molar-refractivity contribution is 6.11. The first-order chi connectivity index (χ1) is 16.1. The Morgan fingerprint density at radius 2 is 1.91 bits per heavy atom. The zero-order valence-electron chi connectivity index (χ0n) is 20.4. The Balaban J connectivity index is 1.98. The second kappa shape index (κ2) is 9.10. The molecule has 0 amide bonds. The van der Waals surface area contributed by atoms with E-state index in [0.29, 0.717) is 23.6 Å². The summed E-state index contributed by atoms with van der Waals surface area (Å²) in [6, 6.07) is 15.9. The number of hydrogen-bond donors (Lipinski definition) is 1. The largest absolute Gasteiger partial charge is 0.481 e. The van der Waals surface area contributed by atoms with Gasteiger partial charge in [-0.25, -0.2) is 0 Å². The van der Waals surface area contributed by atoms with Crippen molar-refractivity contribution in [3.05, 3.63) is 70.4 Å². The van der Waals surface area contributed by atoms with Crippen molar-refractivity contribution in [3.63, 3.8) is 0 Å². The Morgan fingerprint density at radius 1 is 1.18 bits per heavy atom. The number of Topliss-reactive ketones (excluding diaryl/α,β-unsaturated/α-hetero) is 1. The molecule has 3 aromatic rings. The molecule has 34 heavy (non-hydrogen) atoms. The first-order valence-electron chi connectivity index (χ1n) is 12.0. The number of hydrogen-bond acceptors (Lipinski definition) is 3. The number of aromatic nitrogens is 1. The van der Waals surface area contributed by atoms with Crippen LogP contribution in [0.1, 0.15) is 85.6 Å². The second-order valence-corrected chi connectivity index (χ2v) is 10.5. The van der Waals surface area contributed by atoms with Crippen LogP contribution in [0.4, 0.5) is 0 Å². The average Bonchev–Trinajstić information content (AvgIpc) is 3.04. The summed E-state index contributed by atoms with van der Waals surface area (Å²) in [7, 11) is 0. The highest BCUT2D eigenvalue weighted by Crippen LogP contribution is 2.39. The van der Waals surface area contributed by atoms with Crippen molar-refractivity contribution in [2.24, 2.45) is 11.3 Å². The molecule has 2 aromatic carbocycles. The molecule has 5 heteroatoms. The summed E-state index contributed by atoms with van der Waals surface area (Å²) < 4.78 is 2.10. The lowest BCUT2D eigenvalue weighted by Gasteiger charge is -2.26. The molecule has 0 aliphatic heterocycles. The fraction of sp³-hybridized carbons (Fsp3) is 0.414. The van der Waals surface area contributed by atoms with Gasteiger partial charge >= 0.3 is 5.97 Å². The minimum atomic E-state index is -1.03. The van der Waals surface area contributed by atoms with E-state index < -0.39 is 11.4 Å². The maximum atomic E-state index is 13.8. The standard InChI is InChI=1S/C29H32N2O3/c1-18(2)22-11-12-24-23(14-22)26(27(32)21-9-6-10-21)25(15-29(3,4)28(33)34)31(24)17-20-8-5-7-19(13-20)16-30/h5,7-8,11-14,18,21H,6,9-10,15,17H2,1-4H3,(H,33,34). The SMILES string of the molecule is CC(C)c1ccc2c(c1)c(C(=O)C1CCC1)c(CC(C)(C)C(=O)O)n2Cc1cccc(C#N)c1. The predicted octanol–water partition coefficient (Wildman–Crippen LogP) is 6.32. The predicted molar refractivity (Wildman–Crippen MR) is 133 cm³/mol. The number of fused-ring (bicyclic) bond motifs is 1. The number of nitriles is 1. The van der Waals surface area contributed by atoms with Gasteiger partial charge in [-0.05, 0) is 68.0 Å². The summed E-state index contributed by atoms with van der Waals surface area (Å²) in [6.07, 6.45) is 3.09.